The zero-order valence-electron chi connectivity index (χ0n) is 10.7. The molecular formula is C12H16BrNO3S3. The lowest BCUT2D eigenvalue weighted by atomic mass is 10.2. The highest BCUT2D eigenvalue weighted by Crippen LogP contribution is 2.26. The summed E-state index contributed by atoms with van der Waals surface area (Å²) in [4.78, 5) is 0.178. The van der Waals surface area contributed by atoms with Gasteiger partial charge in [-0.05, 0) is 33.6 Å². The molecule has 1 unspecified atom stereocenters. The number of hydrogen-bond acceptors (Lipinski definition) is 5. The molecule has 0 spiro atoms. The van der Waals surface area contributed by atoms with Crippen LogP contribution in [0, 0.1) is 0 Å². The third-order valence-corrected chi connectivity index (χ3v) is 8.12. The van der Waals surface area contributed by atoms with Gasteiger partial charge in [0.1, 0.15) is 0 Å². The summed E-state index contributed by atoms with van der Waals surface area (Å²) in [6.07, 6.45) is 0. The summed E-state index contributed by atoms with van der Waals surface area (Å²) in [5.41, 5.74) is 0.580. The zero-order chi connectivity index (χ0) is 14.6. The number of rotatable bonds is 5. The van der Waals surface area contributed by atoms with Crippen LogP contribution in [-0.2, 0) is 16.6 Å². The van der Waals surface area contributed by atoms with Crippen LogP contribution in [0.25, 0.3) is 0 Å². The van der Waals surface area contributed by atoms with Gasteiger partial charge in [0, 0.05) is 33.5 Å². The highest BCUT2D eigenvalue weighted by Gasteiger charge is 2.21. The molecule has 1 aromatic carbocycles. The van der Waals surface area contributed by atoms with Crippen molar-refractivity contribution in [3.63, 3.8) is 0 Å². The second-order valence-corrected chi connectivity index (χ2v) is 9.49. The Morgan fingerprint density at radius 1 is 1.40 bits per heavy atom. The standard InChI is InChI=1S/C12H16BrNO3S3/c13-11-2-1-9(7-15)5-12(11)20(16,17)14-6-10-8-18-3-4-19-10/h1-2,5,10,14-15H,3-4,6-8H2. The van der Waals surface area contributed by atoms with E-state index in [1.807, 2.05) is 23.5 Å². The van der Waals surface area contributed by atoms with Crippen LogP contribution in [0.2, 0.25) is 0 Å². The Kier molecular flexibility index (Phi) is 6.25. The first kappa shape index (κ1) is 16.6. The maximum atomic E-state index is 12.3. The Morgan fingerprint density at radius 3 is 2.85 bits per heavy atom. The molecule has 0 bridgehead atoms. The molecule has 20 heavy (non-hydrogen) atoms. The molecule has 8 heteroatoms. The number of benzene rings is 1. The predicted octanol–water partition coefficient (Wildman–Crippen LogP) is 2.07. The molecule has 1 aliphatic heterocycles. The van der Waals surface area contributed by atoms with Crippen LogP contribution in [-0.4, -0.2) is 42.6 Å². The van der Waals surface area contributed by atoms with Crippen molar-refractivity contribution in [2.75, 3.05) is 23.8 Å². The molecule has 0 aromatic heterocycles. The van der Waals surface area contributed by atoms with Gasteiger partial charge in [0.05, 0.1) is 11.5 Å². The molecule has 0 saturated carbocycles. The van der Waals surface area contributed by atoms with Crippen LogP contribution in [0.1, 0.15) is 5.56 Å². The summed E-state index contributed by atoms with van der Waals surface area (Å²) in [5, 5.41) is 9.44. The van der Waals surface area contributed by atoms with Crippen LogP contribution >= 0.6 is 39.5 Å². The summed E-state index contributed by atoms with van der Waals surface area (Å²) < 4.78 is 27.8. The number of thioether (sulfide) groups is 2. The number of hydrogen-bond donors (Lipinski definition) is 2. The Morgan fingerprint density at radius 2 is 2.20 bits per heavy atom. The molecule has 4 nitrogen and oxygen atoms in total. The second kappa shape index (κ2) is 7.51. The minimum Gasteiger partial charge on any atom is -0.392 e. The molecule has 1 fully saturated rings. The zero-order valence-corrected chi connectivity index (χ0v) is 14.7. The molecule has 1 atom stereocenters. The van der Waals surface area contributed by atoms with Crippen LogP contribution in [0.5, 0.6) is 0 Å². The fraction of sp³-hybridized carbons (Fsp3) is 0.500. The van der Waals surface area contributed by atoms with Crippen molar-refractivity contribution in [2.24, 2.45) is 0 Å². The molecule has 0 aliphatic carbocycles. The molecule has 1 heterocycles. The van der Waals surface area contributed by atoms with Gasteiger partial charge >= 0.3 is 0 Å². The summed E-state index contributed by atoms with van der Waals surface area (Å²) in [6, 6.07) is 4.83. The Labute approximate surface area is 136 Å². The first-order valence-corrected chi connectivity index (χ1v) is 10.6. The van der Waals surface area contributed by atoms with Gasteiger partial charge in [-0.3, -0.25) is 0 Å². The molecule has 0 amide bonds. The number of halogens is 1. The van der Waals surface area contributed by atoms with Gasteiger partial charge in [-0.25, -0.2) is 13.1 Å². The second-order valence-electron chi connectivity index (χ2n) is 4.34. The van der Waals surface area contributed by atoms with Gasteiger partial charge in [-0.1, -0.05) is 6.07 Å². The third kappa shape index (κ3) is 4.38. The van der Waals surface area contributed by atoms with Gasteiger partial charge in [0.15, 0.2) is 0 Å². The van der Waals surface area contributed by atoms with E-state index in [9.17, 15) is 8.42 Å². The van der Waals surface area contributed by atoms with E-state index in [2.05, 4.69) is 20.7 Å². The number of aliphatic hydroxyl groups is 1. The number of sulfonamides is 1. The molecule has 1 aliphatic rings. The average Bonchev–Trinajstić information content (AvgIpc) is 2.47. The highest BCUT2D eigenvalue weighted by atomic mass is 79.9. The maximum Gasteiger partial charge on any atom is 0.241 e. The van der Waals surface area contributed by atoms with E-state index < -0.39 is 10.0 Å². The minimum absolute atomic E-state index is 0.176. The Bertz CT molecular complexity index is 559. The van der Waals surface area contributed by atoms with Gasteiger partial charge in [0.25, 0.3) is 0 Å². The largest absolute Gasteiger partial charge is 0.392 e. The van der Waals surface area contributed by atoms with Crippen molar-refractivity contribution < 1.29 is 13.5 Å². The Balaban J connectivity index is 2.09. The van der Waals surface area contributed by atoms with E-state index in [1.165, 1.54) is 6.07 Å². The summed E-state index contributed by atoms with van der Waals surface area (Å²) in [6.45, 7) is 0.265. The van der Waals surface area contributed by atoms with Crippen molar-refractivity contribution in [1.29, 1.82) is 0 Å². The van der Waals surface area contributed by atoms with E-state index in [0.29, 0.717) is 21.8 Å². The summed E-state index contributed by atoms with van der Waals surface area (Å²) in [7, 11) is -3.55. The lowest BCUT2D eigenvalue weighted by Gasteiger charge is -2.21. The first-order chi connectivity index (χ1) is 9.53. The summed E-state index contributed by atoms with van der Waals surface area (Å²) >= 11 is 6.92. The predicted molar refractivity (Wildman–Crippen MR) is 88.8 cm³/mol. The van der Waals surface area contributed by atoms with Crippen molar-refractivity contribution in [3.8, 4) is 0 Å². The molecular weight excluding hydrogens is 382 g/mol. The SMILES string of the molecule is O=S(=O)(NCC1CSCCS1)c1cc(CO)ccc1Br. The molecule has 1 aromatic rings. The van der Waals surface area contributed by atoms with E-state index >= 15 is 0 Å². The van der Waals surface area contributed by atoms with Crippen molar-refractivity contribution in [3.05, 3.63) is 28.2 Å². The first-order valence-electron chi connectivity index (χ1n) is 6.11. The smallest absolute Gasteiger partial charge is 0.241 e. The van der Waals surface area contributed by atoms with E-state index in [-0.39, 0.29) is 11.5 Å². The maximum absolute atomic E-state index is 12.3. The van der Waals surface area contributed by atoms with E-state index in [0.717, 1.165) is 17.3 Å². The van der Waals surface area contributed by atoms with Crippen molar-refractivity contribution in [1.82, 2.24) is 4.72 Å². The van der Waals surface area contributed by atoms with Gasteiger partial charge in [-0.2, -0.15) is 23.5 Å². The van der Waals surface area contributed by atoms with Crippen molar-refractivity contribution in [2.45, 2.75) is 16.8 Å². The average molecular weight is 398 g/mol. The minimum atomic E-state index is -3.55. The van der Waals surface area contributed by atoms with Crippen molar-refractivity contribution >= 4 is 49.5 Å². The van der Waals surface area contributed by atoms with Gasteiger partial charge < -0.3 is 5.11 Å². The van der Waals surface area contributed by atoms with Crippen LogP contribution in [0.3, 0.4) is 0 Å². The summed E-state index contributed by atoms with van der Waals surface area (Å²) in [5.74, 6) is 3.18. The van der Waals surface area contributed by atoms with E-state index in [4.69, 9.17) is 5.11 Å². The lowest BCUT2D eigenvalue weighted by Crippen LogP contribution is -2.33. The monoisotopic (exact) mass is 397 g/mol. The molecule has 1 saturated heterocycles. The van der Waals surface area contributed by atoms with Gasteiger partial charge in [0.2, 0.25) is 10.0 Å². The van der Waals surface area contributed by atoms with Crippen LogP contribution in [0.4, 0.5) is 0 Å². The van der Waals surface area contributed by atoms with E-state index in [1.54, 1.807) is 12.1 Å². The number of aliphatic hydroxyl groups excluding tert-OH is 1. The van der Waals surface area contributed by atoms with Gasteiger partial charge in [-0.15, -0.1) is 0 Å². The fourth-order valence-corrected chi connectivity index (χ4v) is 6.60. The normalized spacial score (nSPS) is 20.0. The number of nitrogens with one attached hydrogen (secondary N) is 1. The molecule has 2 rings (SSSR count). The lowest BCUT2D eigenvalue weighted by molar-refractivity contribution is 0.281. The van der Waals surface area contributed by atoms with Crippen LogP contribution in [0.15, 0.2) is 27.6 Å². The quantitative estimate of drug-likeness (QED) is 0.795. The molecule has 112 valence electrons. The molecule has 2 N–H and O–H groups in total. The Hall–Kier alpha value is 0.270. The molecule has 0 radical (unpaired) electrons. The topological polar surface area (TPSA) is 66.4 Å². The third-order valence-electron chi connectivity index (χ3n) is 2.85. The fourth-order valence-electron chi connectivity index (χ4n) is 1.79. The van der Waals surface area contributed by atoms with Crippen LogP contribution < -0.4 is 4.72 Å². The highest BCUT2D eigenvalue weighted by molar-refractivity contribution is 9.10.